The third kappa shape index (κ3) is 6.17. The first kappa shape index (κ1) is 16.7. The van der Waals surface area contributed by atoms with Crippen LogP contribution < -0.4 is 10.6 Å². The summed E-state index contributed by atoms with van der Waals surface area (Å²) in [5.41, 5.74) is 2.35. The van der Waals surface area contributed by atoms with Crippen molar-refractivity contribution >= 4 is 5.91 Å². The molecule has 1 atom stereocenters. The molecule has 0 saturated carbocycles. The molecule has 4 nitrogen and oxygen atoms in total. The first-order valence-electron chi connectivity index (χ1n) is 7.32. The lowest BCUT2D eigenvalue weighted by molar-refractivity contribution is -0.120. The summed E-state index contributed by atoms with van der Waals surface area (Å²) in [6, 6.07) is 8.37. The van der Waals surface area contributed by atoms with Gasteiger partial charge in [-0.2, -0.15) is 0 Å². The fourth-order valence-electron chi connectivity index (χ4n) is 1.82. The smallest absolute Gasteiger partial charge is 0.234 e. The van der Waals surface area contributed by atoms with Crippen LogP contribution in [-0.2, 0) is 22.7 Å². The Bertz CT molecular complexity index is 407. The monoisotopic (exact) mass is 278 g/mol. The minimum Gasteiger partial charge on any atom is -0.377 e. The van der Waals surface area contributed by atoms with Crippen LogP contribution in [0.2, 0.25) is 0 Å². The summed E-state index contributed by atoms with van der Waals surface area (Å²) in [7, 11) is 0. The predicted octanol–water partition coefficient (Wildman–Crippen LogP) is 2.23. The number of ether oxygens (including phenoxy) is 1. The molecule has 0 aliphatic heterocycles. The van der Waals surface area contributed by atoms with Crippen LogP contribution in [-0.4, -0.2) is 25.1 Å². The van der Waals surface area contributed by atoms with E-state index in [9.17, 15) is 4.79 Å². The van der Waals surface area contributed by atoms with E-state index < -0.39 is 0 Å². The van der Waals surface area contributed by atoms with Crippen molar-refractivity contribution in [1.29, 1.82) is 0 Å². The van der Waals surface area contributed by atoms with Crippen molar-refractivity contribution in [3.05, 3.63) is 35.4 Å². The summed E-state index contributed by atoms with van der Waals surface area (Å²) in [6.45, 7) is 8.40. The molecule has 0 aliphatic rings. The maximum absolute atomic E-state index is 11.7. The molecule has 1 amide bonds. The molecule has 0 aliphatic carbocycles. The first-order valence-corrected chi connectivity index (χ1v) is 7.32. The van der Waals surface area contributed by atoms with Gasteiger partial charge in [-0.15, -0.1) is 0 Å². The van der Waals surface area contributed by atoms with Crippen LogP contribution in [0.15, 0.2) is 24.3 Å². The molecule has 0 aromatic heterocycles. The Labute approximate surface area is 121 Å². The number of amides is 1. The molecular formula is C16H26N2O2. The first-order chi connectivity index (χ1) is 9.67. The molecular weight excluding hydrogens is 252 g/mol. The Balaban J connectivity index is 2.39. The maximum Gasteiger partial charge on any atom is 0.234 e. The highest BCUT2D eigenvalue weighted by Crippen LogP contribution is 2.09. The molecule has 0 spiro atoms. The standard InChI is InChI=1S/C16H26N2O2/c1-4-13(3)18-16(19)11-17-10-14-8-6-7-9-15(14)12-20-5-2/h6-9,13,17H,4-5,10-12H2,1-3H3,(H,18,19). The molecule has 1 aromatic carbocycles. The molecule has 112 valence electrons. The second-order valence-corrected chi connectivity index (χ2v) is 4.89. The zero-order valence-corrected chi connectivity index (χ0v) is 12.7. The molecule has 1 unspecified atom stereocenters. The van der Waals surface area contributed by atoms with Crippen molar-refractivity contribution in [2.24, 2.45) is 0 Å². The molecule has 1 rings (SSSR count). The van der Waals surface area contributed by atoms with E-state index in [4.69, 9.17) is 4.74 Å². The molecule has 20 heavy (non-hydrogen) atoms. The fraction of sp³-hybridized carbons (Fsp3) is 0.562. The highest BCUT2D eigenvalue weighted by Gasteiger charge is 2.06. The van der Waals surface area contributed by atoms with Gasteiger partial charge in [0.2, 0.25) is 5.91 Å². The number of hydrogen-bond acceptors (Lipinski definition) is 3. The molecule has 2 N–H and O–H groups in total. The number of carbonyl (C=O) groups is 1. The average Bonchev–Trinajstić information content (AvgIpc) is 2.46. The molecule has 0 bridgehead atoms. The lowest BCUT2D eigenvalue weighted by Crippen LogP contribution is -2.38. The Kier molecular flexibility index (Phi) is 7.92. The lowest BCUT2D eigenvalue weighted by atomic mass is 10.1. The summed E-state index contributed by atoms with van der Waals surface area (Å²) < 4.78 is 5.45. The minimum absolute atomic E-state index is 0.0432. The largest absolute Gasteiger partial charge is 0.377 e. The van der Waals surface area contributed by atoms with Gasteiger partial charge in [0, 0.05) is 19.2 Å². The van der Waals surface area contributed by atoms with E-state index in [2.05, 4.69) is 29.7 Å². The summed E-state index contributed by atoms with van der Waals surface area (Å²) in [6.07, 6.45) is 0.947. The fourth-order valence-corrected chi connectivity index (χ4v) is 1.82. The normalized spacial score (nSPS) is 12.2. The topological polar surface area (TPSA) is 50.4 Å². The van der Waals surface area contributed by atoms with Crippen LogP contribution in [0.3, 0.4) is 0 Å². The van der Waals surface area contributed by atoms with Gasteiger partial charge < -0.3 is 15.4 Å². The Morgan fingerprint density at radius 2 is 1.95 bits per heavy atom. The molecule has 4 heteroatoms. The number of benzene rings is 1. The van der Waals surface area contributed by atoms with E-state index in [1.165, 1.54) is 11.1 Å². The van der Waals surface area contributed by atoms with Gasteiger partial charge in [0.15, 0.2) is 0 Å². The molecule has 0 heterocycles. The van der Waals surface area contributed by atoms with E-state index in [0.29, 0.717) is 26.3 Å². The lowest BCUT2D eigenvalue weighted by Gasteiger charge is -2.13. The van der Waals surface area contributed by atoms with Crippen molar-refractivity contribution in [2.75, 3.05) is 13.2 Å². The van der Waals surface area contributed by atoms with E-state index in [1.54, 1.807) is 0 Å². The van der Waals surface area contributed by atoms with Crippen LogP contribution in [0.1, 0.15) is 38.3 Å². The van der Waals surface area contributed by atoms with E-state index in [1.807, 2.05) is 26.0 Å². The van der Waals surface area contributed by atoms with E-state index in [0.717, 1.165) is 6.42 Å². The predicted molar refractivity (Wildman–Crippen MR) is 81.4 cm³/mol. The van der Waals surface area contributed by atoms with Crippen molar-refractivity contribution in [2.45, 2.75) is 46.4 Å². The van der Waals surface area contributed by atoms with Crippen LogP contribution in [0.5, 0.6) is 0 Å². The summed E-state index contributed by atoms with van der Waals surface area (Å²) in [5.74, 6) is 0.0432. The van der Waals surface area contributed by atoms with Crippen molar-refractivity contribution in [1.82, 2.24) is 10.6 Å². The van der Waals surface area contributed by atoms with Gasteiger partial charge in [-0.25, -0.2) is 0 Å². The number of nitrogens with one attached hydrogen (secondary N) is 2. The Morgan fingerprint density at radius 1 is 1.25 bits per heavy atom. The van der Waals surface area contributed by atoms with Gasteiger partial charge in [-0.05, 0) is 31.4 Å². The molecule has 0 saturated heterocycles. The van der Waals surface area contributed by atoms with E-state index >= 15 is 0 Å². The SMILES string of the molecule is CCOCc1ccccc1CNCC(=O)NC(C)CC. The summed E-state index contributed by atoms with van der Waals surface area (Å²) in [4.78, 5) is 11.7. The highest BCUT2D eigenvalue weighted by atomic mass is 16.5. The summed E-state index contributed by atoms with van der Waals surface area (Å²) >= 11 is 0. The van der Waals surface area contributed by atoms with E-state index in [-0.39, 0.29) is 11.9 Å². The quantitative estimate of drug-likeness (QED) is 0.728. The van der Waals surface area contributed by atoms with Gasteiger partial charge in [-0.1, -0.05) is 31.2 Å². The van der Waals surface area contributed by atoms with Gasteiger partial charge in [0.05, 0.1) is 13.2 Å². The van der Waals surface area contributed by atoms with Gasteiger partial charge in [0.25, 0.3) is 0 Å². The third-order valence-electron chi connectivity index (χ3n) is 3.20. The third-order valence-corrected chi connectivity index (χ3v) is 3.20. The number of carbonyl (C=O) groups excluding carboxylic acids is 1. The second-order valence-electron chi connectivity index (χ2n) is 4.89. The van der Waals surface area contributed by atoms with Crippen LogP contribution in [0, 0.1) is 0 Å². The molecule has 0 radical (unpaired) electrons. The highest BCUT2D eigenvalue weighted by molar-refractivity contribution is 5.78. The Morgan fingerprint density at radius 3 is 2.60 bits per heavy atom. The number of hydrogen-bond donors (Lipinski definition) is 2. The number of rotatable bonds is 9. The second kappa shape index (κ2) is 9.50. The molecule has 0 fully saturated rings. The van der Waals surface area contributed by atoms with Crippen LogP contribution in [0.25, 0.3) is 0 Å². The van der Waals surface area contributed by atoms with Crippen molar-refractivity contribution in [3.8, 4) is 0 Å². The van der Waals surface area contributed by atoms with Crippen molar-refractivity contribution in [3.63, 3.8) is 0 Å². The maximum atomic E-state index is 11.7. The average molecular weight is 278 g/mol. The zero-order valence-electron chi connectivity index (χ0n) is 12.7. The van der Waals surface area contributed by atoms with Gasteiger partial charge >= 0.3 is 0 Å². The van der Waals surface area contributed by atoms with Crippen LogP contribution in [0.4, 0.5) is 0 Å². The molecule has 1 aromatic rings. The summed E-state index contributed by atoms with van der Waals surface area (Å²) in [5, 5.41) is 6.12. The zero-order chi connectivity index (χ0) is 14.8. The van der Waals surface area contributed by atoms with Crippen molar-refractivity contribution < 1.29 is 9.53 Å². The van der Waals surface area contributed by atoms with Gasteiger partial charge in [0.1, 0.15) is 0 Å². The van der Waals surface area contributed by atoms with Crippen LogP contribution >= 0.6 is 0 Å². The van der Waals surface area contributed by atoms with Gasteiger partial charge in [-0.3, -0.25) is 4.79 Å². The minimum atomic E-state index is 0.0432. The Hall–Kier alpha value is -1.39.